The van der Waals surface area contributed by atoms with Gasteiger partial charge in [0.15, 0.2) is 0 Å². The van der Waals surface area contributed by atoms with E-state index in [9.17, 15) is 0 Å². The molecule has 0 heterocycles. The number of rotatable bonds is 4. The Kier molecular flexibility index (Phi) is 3.13. The number of hydrogen-bond donors (Lipinski definition) is 2. The molecule has 12 heavy (non-hydrogen) atoms. The molecule has 1 aliphatic carbocycles. The summed E-state index contributed by atoms with van der Waals surface area (Å²) in [5.41, 5.74) is 5.92. The van der Waals surface area contributed by atoms with E-state index in [1.54, 1.807) is 0 Å². The molecule has 0 aromatic rings. The maximum Gasteiger partial charge on any atom is 0.0309 e. The largest absolute Gasteiger partial charge is 0.329 e. The van der Waals surface area contributed by atoms with Crippen LogP contribution < -0.4 is 11.1 Å². The van der Waals surface area contributed by atoms with Crippen molar-refractivity contribution in [1.82, 2.24) is 5.32 Å². The van der Waals surface area contributed by atoms with E-state index in [4.69, 9.17) is 12.2 Å². The van der Waals surface area contributed by atoms with Crippen molar-refractivity contribution in [2.45, 2.75) is 31.7 Å². The Labute approximate surface area is 74.9 Å². The first kappa shape index (κ1) is 9.57. The average Bonchev–Trinajstić information content (AvgIpc) is 2.01. The van der Waals surface area contributed by atoms with Gasteiger partial charge in [0.05, 0.1) is 0 Å². The van der Waals surface area contributed by atoms with E-state index >= 15 is 0 Å². The lowest BCUT2D eigenvalue weighted by Gasteiger charge is -2.46. The predicted octanol–water partition coefficient (Wildman–Crippen LogP) is 0.727. The van der Waals surface area contributed by atoms with Crippen LogP contribution >= 0.6 is 0 Å². The molecule has 3 N–H and O–H groups in total. The Hall–Kier alpha value is -0.520. The van der Waals surface area contributed by atoms with Gasteiger partial charge in [-0.25, -0.2) is 0 Å². The molecular formula is C10H18N2. The predicted molar refractivity (Wildman–Crippen MR) is 51.6 cm³/mol. The number of terminal acetylenes is 1. The summed E-state index contributed by atoms with van der Waals surface area (Å²) < 4.78 is 0. The van der Waals surface area contributed by atoms with E-state index in [0.717, 1.165) is 25.4 Å². The van der Waals surface area contributed by atoms with Crippen LogP contribution in [0.15, 0.2) is 0 Å². The Morgan fingerprint density at radius 2 is 2.33 bits per heavy atom. The minimum atomic E-state index is 0.219. The van der Waals surface area contributed by atoms with Gasteiger partial charge in [-0.05, 0) is 18.8 Å². The van der Waals surface area contributed by atoms with Gasteiger partial charge in [0.1, 0.15) is 0 Å². The van der Waals surface area contributed by atoms with Crippen LogP contribution in [0.25, 0.3) is 0 Å². The lowest BCUT2D eigenvalue weighted by Crippen LogP contribution is -2.59. The zero-order chi connectivity index (χ0) is 9.03. The second kappa shape index (κ2) is 3.93. The van der Waals surface area contributed by atoms with Gasteiger partial charge < -0.3 is 11.1 Å². The summed E-state index contributed by atoms with van der Waals surface area (Å²) in [4.78, 5) is 0. The van der Waals surface area contributed by atoms with Gasteiger partial charge in [0.2, 0.25) is 0 Å². The quantitative estimate of drug-likeness (QED) is 0.477. The van der Waals surface area contributed by atoms with Gasteiger partial charge in [-0.2, -0.15) is 0 Å². The zero-order valence-electron chi connectivity index (χ0n) is 7.77. The molecule has 2 nitrogen and oxygen atoms in total. The van der Waals surface area contributed by atoms with Crippen LogP contribution in [-0.2, 0) is 0 Å². The first-order valence-electron chi connectivity index (χ1n) is 4.61. The minimum Gasteiger partial charge on any atom is -0.329 e. The van der Waals surface area contributed by atoms with Crippen molar-refractivity contribution in [2.75, 3.05) is 13.1 Å². The molecule has 0 radical (unpaired) electrons. The first-order valence-corrected chi connectivity index (χ1v) is 4.61. The van der Waals surface area contributed by atoms with Gasteiger partial charge in [0, 0.05) is 25.0 Å². The molecule has 1 rings (SSSR count). The van der Waals surface area contributed by atoms with E-state index in [1.807, 2.05) is 0 Å². The van der Waals surface area contributed by atoms with Crippen LogP contribution in [0.1, 0.15) is 26.2 Å². The lowest BCUT2D eigenvalue weighted by atomic mass is 9.69. The Morgan fingerprint density at radius 3 is 2.75 bits per heavy atom. The van der Waals surface area contributed by atoms with E-state index in [1.165, 1.54) is 12.8 Å². The fraction of sp³-hybridized carbons (Fsp3) is 0.800. The first-order chi connectivity index (χ1) is 5.72. The standard InChI is InChI=1S/C10H18N2/c1-3-4-5-12-10(8-11)6-9(2)7-10/h1,9,12H,4-8,11H2,2H3. The fourth-order valence-corrected chi connectivity index (χ4v) is 2.06. The van der Waals surface area contributed by atoms with Crippen LogP contribution in [0.4, 0.5) is 0 Å². The van der Waals surface area contributed by atoms with Gasteiger partial charge >= 0.3 is 0 Å². The fourth-order valence-electron chi connectivity index (χ4n) is 2.06. The molecule has 0 bridgehead atoms. The van der Waals surface area contributed by atoms with Gasteiger partial charge in [0.25, 0.3) is 0 Å². The van der Waals surface area contributed by atoms with E-state index in [2.05, 4.69) is 18.2 Å². The molecule has 0 unspecified atom stereocenters. The lowest BCUT2D eigenvalue weighted by molar-refractivity contribution is 0.125. The topological polar surface area (TPSA) is 38.0 Å². The van der Waals surface area contributed by atoms with Crippen molar-refractivity contribution < 1.29 is 0 Å². The van der Waals surface area contributed by atoms with E-state index < -0.39 is 0 Å². The van der Waals surface area contributed by atoms with Crippen LogP contribution in [0.3, 0.4) is 0 Å². The highest BCUT2D eigenvalue weighted by atomic mass is 15.0. The SMILES string of the molecule is C#CCCNC1(CN)CC(C)C1. The third-order valence-corrected chi connectivity index (χ3v) is 2.64. The molecular weight excluding hydrogens is 148 g/mol. The average molecular weight is 166 g/mol. The molecule has 0 aromatic carbocycles. The van der Waals surface area contributed by atoms with Gasteiger partial charge in [-0.15, -0.1) is 12.3 Å². The molecule has 1 saturated carbocycles. The minimum absolute atomic E-state index is 0.219. The van der Waals surface area contributed by atoms with Crippen molar-refractivity contribution in [3.8, 4) is 12.3 Å². The molecule has 0 spiro atoms. The van der Waals surface area contributed by atoms with E-state index in [0.29, 0.717) is 0 Å². The smallest absolute Gasteiger partial charge is 0.0309 e. The van der Waals surface area contributed by atoms with Crippen molar-refractivity contribution in [1.29, 1.82) is 0 Å². The van der Waals surface area contributed by atoms with E-state index in [-0.39, 0.29) is 5.54 Å². The van der Waals surface area contributed by atoms with Crippen molar-refractivity contribution in [2.24, 2.45) is 11.7 Å². The number of nitrogens with two attached hydrogens (primary N) is 1. The van der Waals surface area contributed by atoms with Gasteiger partial charge in [-0.1, -0.05) is 6.92 Å². The van der Waals surface area contributed by atoms with Crippen LogP contribution in [0.2, 0.25) is 0 Å². The summed E-state index contributed by atoms with van der Waals surface area (Å²) in [5, 5.41) is 3.45. The molecule has 2 heteroatoms. The maximum absolute atomic E-state index is 5.70. The molecule has 0 aliphatic heterocycles. The Balaban J connectivity index is 2.24. The molecule has 0 saturated heterocycles. The maximum atomic E-state index is 5.70. The summed E-state index contributed by atoms with van der Waals surface area (Å²) in [6.45, 7) is 3.90. The zero-order valence-corrected chi connectivity index (χ0v) is 7.77. The molecule has 1 fully saturated rings. The summed E-state index contributed by atoms with van der Waals surface area (Å²) in [5.74, 6) is 3.45. The summed E-state index contributed by atoms with van der Waals surface area (Å²) in [6.07, 6.45) is 8.37. The monoisotopic (exact) mass is 166 g/mol. The summed E-state index contributed by atoms with van der Waals surface area (Å²) in [7, 11) is 0. The van der Waals surface area contributed by atoms with Crippen molar-refractivity contribution in [3.63, 3.8) is 0 Å². The van der Waals surface area contributed by atoms with Crippen LogP contribution in [0, 0.1) is 18.3 Å². The second-order valence-corrected chi connectivity index (χ2v) is 3.88. The van der Waals surface area contributed by atoms with Crippen molar-refractivity contribution >= 4 is 0 Å². The normalized spacial score (nSPS) is 33.9. The highest BCUT2D eigenvalue weighted by molar-refractivity contribution is 5.01. The number of nitrogens with one attached hydrogen (secondary N) is 1. The highest BCUT2D eigenvalue weighted by Crippen LogP contribution is 2.36. The Morgan fingerprint density at radius 1 is 1.67 bits per heavy atom. The van der Waals surface area contributed by atoms with Crippen LogP contribution in [-0.4, -0.2) is 18.6 Å². The highest BCUT2D eigenvalue weighted by Gasteiger charge is 2.39. The molecule has 0 atom stereocenters. The Bertz CT molecular complexity index is 175. The van der Waals surface area contributed by atoms with Crippen molar-refractivity contribution in [3.05, 3.63) is 0 Å². The van der Waals surface area contributed by atoms with Crippen LogP contribution in [0.5, 0.6) is 0 Å². The molecule has 0 amide bonds. The summed E-state index contributed by atoms with van der Waals surface area (Å²) in [6, 6.07) is 0. The molecule has 68 valence electrons. The third-order valence-electron chi connectivity index (χ3n) is 2.64. The van der Waals surface area contributed by atoms with Gasteiger partial charge in [-0.3, -0.25) is 0 Å². The number of hydrogen-bond acceptors (Lipinski definition) is 2. The molecule has 0 aromatic heterocycles. The molecule has 1 aliphatic rings. The third kappa shape index (κ3) is 2.00. The summed E-state index contributed by atoms with van der Waals surface area (Å²) >= 11 is 0. The second-order valence-electron chi connectivity index (χ2n) is 3.88.